The molecule has 2 atom stereocenters. The van der Waals surface area contributed by atoms with Crippen LogP contribution in [-0.4, -0.2) is 11.5 Å². The number of aromatic amines is 1. The van der Waals surface area contributed by atoms with E-state index in [1.54, 1.807) is 0 Å². The Bertz CT molecular complexity index is 515. The smallest absolute Gasteiger partial charge is 0.0456 e. The lowest BCUT2D eigenvalue weighted by Gasteiger charge is -2.18. The monoisotopic (exact) mass is 242 g/mol. The molecule has 1 heterocycles. The van der Waals surface area contributed by atoms with Gasteiger partial charge >= 0.3 is 0 Å². The molecule has 1 saturated carbocycles. The second-order valence-corrected chi connectivity index (χ2v) is 5.59. The Morgan fingerprint density at radius 3 is 2.89 bits per heavy atom. The molecule has 3 N–H and O–H groups in total. The molecule has 0 amide bonds. The standard InChI is InChI=1S/C16H22N2/c17-9-8-12-4-3-5-13(12)10-14-11-18-16-7-2-1-6-15(14)16/h1-2,6-7,11-13,18H,3-5,8-10,17H2. The number of fused-ring (bicyclic) bond motifs is 1. The van der Waals surface area contributed by atoms with Crippen LogP contribution >= 0.6 is 0 Å². The van der Waals surface area contributed by atoms with Crippen LogP contribution in [0.5, 0.6) is 0 Å². The van der Waals surface area contributed by atoms with E-state index in [1.165, 1.54) is 48.6 Å². The number of H-pyrrole nitrogens is 1. The lowest BCUT2D eigenvalue weighted by Crippen LogP contribution is -2.15. The molecule has 1 aliphatic carbocycles. The van der Waals surface area contributed by atoms with Crippen LogP contribution in [0.2, 0.25) is 0 Å². The Kier molecular flexibility index (Phi) is 3.37. The number of rotatable bonds is 4. The molecule has 3 rings (SSSR count). The van der Waals surface area contributed by atoms with Gasteiger partial charge in [-0.1, -0.05) is 31.0 Å². The molecule has 2 heteroatoms. The van der Waals surface area contributed by atoms with Crippen LogP contribution in [0.4, 0.5) is 0 Å². The minimum Gasteiger partial charge on any atom is -0.361 e. The summed E-state index contributed by atoms with van der Waals surface area (Å²) >= 11 is 0. The van der Waals surface area contributed by atoms with Crippen molar-refractivity contribution in [2.75, 3.05) is 6.54 Å². The zero-order chi connectivity index (χ0) is 12.4. The fourth-order valence-corrected chi connectivity index (χ4v) is 3.56. The highest BCUT2D eigenvalue weighted by Gasteiger charge is 2.27. The van der Waals surface area contributed by atoms with Gasteiger partial charge in [-0.15, -0.1) is 0 Å². The minimum atomic E-state index is 0.841. The molecule has 2 unspecified atom stereocenters. The van der Waals surface area contributed by atoms with Gasteiger partial charge in [0, 0.05) is 17.1 Å². The molecule has 0 bridgehead atoms. The zero-order valence-electron chi connectivity index (χ0n) is 10.9. The summed E-state index contributed by atoms with van der Waals surface area (Å²) in [5.74, 6) is 1.69. The molecular weight excluding hydrogens is 220 g/mol. The number of para-hydroxylation sites is 1. The first-order valence-corrected chi connectivity index (χ1v) is 7.13. The Balaban J connectivity index is 1.79. The van der Waals surface area contributed by atoms with E-state index in [0.717, 1.165) is 18.4 Å². The normalized spacial score (nSPS) is 23.8. The molecule has 0 radical (unpaired) electrons. The summed E-state index contributed by atoms with van der Waals surface area (Å²) in [5.41, 5.74) is 8.48. The molecule has 0 saturated heterocycles. The van der Waals surface area contributed by atoms with Crippen molar-refractivity contribution in [1.82, 2.24) is 4.98 Å². The number of hydrogen-bond donors (Lipinski definition) is 2. The summed E-state index contributed by atoms with van der Waals surface area (Å²) in [7, 11) is 0. The summed E-state index contributed by atoms with van der Waals surface area (Å²) < 4.78 is 0. The third-order valence-electron chi connectivity index (χ3n) is 4.51. The molecule has 2 nitrogen and oxygen atoms in total. The van der Waals surface area contributed by atoms with Gasteiger partial charge in [0.15, 0.2) is 0 Å². The van der Waals surface area contributed by atoms with E-state index in [4.69, 9.17) is 5.73 Å². The molecule has 2 aromatic rings. The molecule has 0 aliphatic heterocycles. The second-order valence-electron chi connectivity index (χ2n) is 5.59. The maximum Gasteiger partial charge on any atom is 0.0456 e. The molecule has 1 fully saturated rings. The summed E-state index contributed by atoms with van der Waals surface area (Å²) in [5, 5.41) is 1.40. The quantitative estimate of drug-likeness (QED) is 0.847. The van der Waals surface area contributed by atoms with E-state index in [9.17, 15) is 0 Å². The lowest BCUT2D eigenvalue weighted by molar-refractivity contribution is 0.368. The SMILES string of the molecule is NCCC1CCCC1Cc1c[nH]c2ccccc12. The molecular formula is C16H22N2. The van der Waals surface area contributed by atoms with Crippen molar-refractivity contribution >= 4 is 10.9 Å². The third-order valence-corrected chi connectivity index (χ3v) is 4.51. The fourth-order valence-electron chi connectivity index (χ4n) is 3.56. The highest BCUT2D eigenvalue weighted by molar-refractivity contribution is 5.83. The summed E-state index contributed by atoms with van der Waals surface area (Å²) in [6, 6.07) is 8.61. The number of benzene rings is 1. The third kappa shape index (κ3) is 2.17. The van der Waals surface area contributed by atoms with E-state index >= 15 is 0 Å². The van der Waals surface area contributed by atoms with Crippen molar-refractivity contribution in [1.29, 1.82) is 0 Å². The number of aromatic nitrogens is 1. The number of nitrogens with two attached hydrogens (primary N) is 1. The van der Waals surface area contributed by atoms with Gasteiger partial charge in [-0.2, -0.15) is 0 Å². The molecule has 18 heavy (non-hydrogen) atoms. The predicted octanol–water partition coefficient (Wildman–Crippen LogP) is 3.48. The molecule has 1 aliphatic rings. The van der Waals surface area contributed by atoms with E-state index in [0.29, 0.717) is 0 Å². The van der Waals surface area contributed by atoms with Gasteiger partial charge in [0.05, 0.1) is 0 Å². The van der Waals surface area contributed by atoms with E-state index in [-0.39, 0.29) is 0 Å². The van der Waals surface area contributed by atoms with Crippen LogP contribution in [0.25, 0.3) is 10.9 Å². The maximum absolute atomic E-state index is 5.73. The first-order valence-electron chi connectivity index (χ1n) is 7.13. The van der Waals surface area contributed by atoms with Gasteiger partial charge in [0.1, 0.15) is 0 Å². The number of hydrogen-bond acceptors (Lipinski definition) is 1. The average Bonchev–Trinajstić information content (AvgIpc) is 2.99. The molecule has 1 aromatic carbocycles. The molecule has 96 valence electrons. The van der Waals surface area contributed by atoms with Crippen LogP contribution < -0.4 is 5.73 Å². The first-order chi connectivity index (χ1) is 8.88. The van der Waals surface area contributed by atoms with Gasteiger partial charge in [-0.25, -0.2) is 0 Å². The number of nitrogens with one attached hydrogen (secondary N) is 1. The fraction of sp³-hybridized carbons (Fsp3) is 0.500. The van der Waals surface area contributed by atoms with Crippen LogP contribution in [-0.2, 0) is 6.42 Å². The highest BCUT2D eigenvalue weighted by Crippen LogP contribution is 2.37. The topological polar surface area (TPSA) is 41.8 Å². The maximum atomic E-state index is 5.73. The summed E-state index contributed by atoms with van der Waals surface area (Å²) in [6.45, 7) is 0.842. The first kappa shape index (κ1) is 11.8. The van der Waals surface area contributed by atoms with Crippen molar-refractivity contribution in [3.8, 4) is 0 Å². The Labute approximate surface area is 109 Å². The van der Waals surface area contributed by atoms with Crippen LogP contribution in [0.3, 0.4) is 0 Å². The van der Waals surface area contributed by atoms with Gasteiger partial charge in [-0.3, -0.25) is 0 Å². The summed E-state index contributed by atoms with van der Waals surface area (Å²) in [4.78, 5) is 3.38. The van der Waals surface area contributed by atoms with Crippen LogP contribution in [0.1, 0.15) is 31.2 Å². The van der Waals surface area contributed by atoms with Gasteiger partial charge in [0.2, 0.25) is 0 Å². The van der Waals surface area contributed by atoms with E-state index < -0.39 is 0 Å². The zero-order valence-corrected chi connectivity index (χ0v) is 10.9. The largest absolute Gasteiger partial charge is 0.361 e. The Morgan fingerprint density at radius 2 is 2.00 bits per heavy atom. The molecule has 1 aromatic heterocycles. The summed E-state index contributed by atoms with van der Waals surface area (Å²) in [6.07, 6.45) is 8.76. The van der Waals surface area contributed by atoms with Crippen LogP contribution in [0.15, 0.2) is 30.5 Å². The van der Waals surface area contributed by atoms with Crippen molar-refractivity contribution in [3.05, 3.63) is 36.0 Å². The predicted molar refractivity (Wildman–Crippen MR) is 76.5 cm³/mol. The van der Waals surface area contributed by atoms with E-state index in [2.05, 4.69) is 35.4 Å². The Hall–Kier alpha value is -1.28. The van der Waals surface area contributed by atoms with E-state index in [1.807, 2.05) is 0 Å². The van der Waals surface area contributed by atoms with Gasteiger partial charge in [0.25, 0.3) is 0 Å². The van der Waals surface area contributed by atoms with Crippen molar-refractivity contribution in [3.63, 3.8) is 0 Å². The van der Waals surface area contributed by atoms with Gasteiger partial charge in [-0.05, 0) is 49.3 Å². The highest BCUT2D eigenvalue weighted by atomic mass is 14.7. The van der Waals surface area contributed by atoms with Crippen molar-refractivity contribution < 1.29 is 0 Å². The minimum absolute atomic E-state index is 0.841. The lowest BCUT2D eigenvalue weighted by atomic mass is 9.87. The molecule has 0 spiro atoms. The van der Waals surface area contributed by atoms with Gasteiger partial charge < -0.3 is 10.7 Å². The average molecular weight is 242 g/mol. The van der Waals surface area contributed by atoms with Crippen molar-refractivity contribution in [2.45, 2.75) is 32.1 Å². The Morgan fingerprint density at radius 1 is 1.17 bits per heavy atom. The second kappa shape index (κ2) is 5.15. The van der Waals surface area contributed by atoms with Crippen LogP contribution in [0, 0.1) is 11.8 Å². The van der Waals surface area contributed by atoms with Crippen molar-refractivity contribution in [2.24, 2.45) is 17.6 Å².